The van der Waals surface area contributed by atoms with E-state index in [4.69, 9.17) is 21.1 Å². The molecular weight excluding hydrogens is 288 g/mol. The summed E-state index contributed by atoms with van der Waals surface area (Å²) in [5.41, 5.74) is 1.05. The molecule has 0 aliphatic carbocycles. The van der Waals surface area contributed by atoms with Gasteiger partial charge in [-0.15, -0.1) is 0 Å². The molecule has 0 aromatic heterocycles. The zero-order valence-electron chi connectivity index (χ0n) is 13.3. The first-order valence-electron chi connectivity index (χ1n) is 7.50. The summed E-state index contributed by atoms with van der Waals surface area (Å²) in [4.78, 5) is 2.35. The summed E-state index contributed by atoms with van der Waals surface area (Å²) in [7, 11) is 3.30. The average molecular weight is 313 g/mol. The van der Waals surface area contributed by atoms with Crippen LogP contribution in [0.25, 0.3) is 0 Å². The van der Waals surface area contributed by atoms with Crippen molar-refractivity contribution >= 4 is 17.3 Å². The zero-order valence-corrected chi connectivity index (χ0v) is 14.0. The smallest absolute Gasteiger partial charge is 0.145 e. The van der Waals surface area contributed by atoms with Gasteiger partial charge in [0.05, 0.1) is 24.9 Å². The monoisotopic (exact) mass is 312 g/mol. The van der Waals surface area contributed by atoms with Gasteiger partial charge in [0.25, 0.3) is 0 Å². The predicted molar refractivity (Wildman–Crippen MR) is 88.0 cm³/mol. The van der Waals surface area contributed by atoms with Gasteiger partial charge in [-0.3, -0.25) is 0 Å². The summed E-state index contributed by atoms with van der Waals surface area (Å²) >= 11 is 6.27. The quantitative estimate of drug-likeness (QED) is 0.905. The SMILES string of the molecule is CCNC1CCN(c2cc(Cl)c(OC)cc2OC)CC1C. The molecule has 0 spiro atoms. The van der Waals surface area contributed by atoms with Crippen molar-refractivity contribution in [2.45, 2.75) is 26.3 Å². The highest BCUT2D eigenvalue weighted by Gasteiger charge is 2.27. The van der Waals surface area contributed by atoms with Gasteiger partial charge in [-0.05, 0) is 24.9 Å². The molecule has 1 heterocycles. The van der Waals surface area contributed by atoms with E-state index >= 15 is 0 Å². The van der Waals surface area contributed by atoms with E-state index in [1.54, 1.807) is 14.2 Å². The van der Waals surface area contributed by atoms with E-state index in [1.807, 2.05) is 12.1 Å². The molecule has 2 atom stereocenters. The van der Waals surface area contributed by atoms with E-state index in [0.29, 0.717) is 22.7 Å². The van der Waals surface area contributed by atoms with E-state index in [0.717, 1.165) is 37.5 Å². The molecule has 1 aromatic carbocycles. The Balaban J connectivity index is 2.21. The maximum absolute atomic E-state index is 6.27. The second-order valence-corrected chi connectivity index (χ2v) is 5.94. The van der Waals surface area contributed by atoms with Crippen LogP contribution in [-0.2, 0) is 0 Å². The normalized spacial score (nSPS) is 22.2. The maximum Gasteiger partial charge on any atom is 0.145 e. The lowest BCUT2D eigenvalue weighted by Crippen LogP contribution is -2.48. The first-order valence-corrected chi connectivity index (χ1v) is 7.88. The Morgan fingerprint density at radius 3 is 2.57 bits per heavy atom. The fraction of sp³-hybridized carbons (Fsp3) is 0.625. The Labute approximate surface area is 132 Å². The molecule has 0 radical (unpaired) electrons. The number of ether oxygens (including phenoxy) is 2. The molecule has 0 bridgehead atoms. The number of rotatable bonds is 5. The van der Waals surface area contributed by atoms with Crippen LogP contribution in [0.1, 0.15) is 20.3 Å². The largest absolute Gasteiger partial charge is 0.495 e. The van der Waals surface area contributed by atoms with Gasteiger partial charge in [0.1, 0.15) is 11.5 Å². The minimum atomic E-state index is 0.587. The molecule has 0 amide bonds. The van der Waals surface area contributed by atoms with Crippen molar-refractivity contribution in [2.24, 2.45) is 5.92 Å². The predicted octanol–water partition coefficient (Wildman–Crippen LogP) is 3.18. The van der Waals surface area contributed by atoms with Crippen LogP contribution in [0.3, 0.4) is 0 Å². The highest BCUT2D eigenvalue weighted by atomic mass is 35.5. The van der Waals surface area contributed by atoms with Gasteiger partial charge < -0.3 is 19.7 Å². The highest BCUT2D eigenvalue weighted by Crippen LogP contribution is 2.39. The number of nitrogens with zero attached hydrogens (tertiary/aromatic N) is 1. The number of nitrogens with one attached hydrogen (secondary N) is 1. The molecule has 4 nitrogen and oxygen atoms in total. The van der Waals surface area contributed by atoms with E-state index in [-0.39, 0.29) is 0 Å². The minimum absolute atomic E-state index is 0.587. The van der Waals surface area contributed by atoms with Gasteiger partial charge in [-0.25, -0.2) is 0 Å². The number of hydrogen-bond donors (Lipinski definition) is 1. The van der Waals surface area contributed by atoms with Crippen molar-refractivity contribution in [3.05, 3.63) is 17.2 Å². The molecule has 2 rings (SSSR count). The van der Waals surface area contributed by atoms with Crippen LogP contribution >= 0.6 is 11.6 Å². The zero-order chi connectivity index (χ0) is 15.4. The third-order valence-electron chi connectivity index (χ3n) is 4.17. The van der Waals surface area contributed by atoms with Crippen LogP contribution in [0.15, 0.2) is 12.1 Å². The van der Waals surface area contributed by atoms with Gasteiger partial charge >= 0.3 is 0 Å². The summed E-state index contributed by atoms with van der Waals surface area (Å²) in [6, 6.07) is 4.39. The van der Waals surface area contributed by atoms with Crippen LogP contribution in [-0.4, -0.2) is 39.9 Å². The summed E-state index contributed by atoms with van der Waals surface area (Å²) in [6.07, 6.45) is 1.13. The first-order chi connectivity index (χ1) is 10.1. The molecule has 1 aliphatic rings. The number of piperidine rings is 1. The van der Waals surface area contributed by atoms with Crippen molar-refractivity contribution in [1.29, 1.82) is 0 Å². The standard InChI is InChI=1S/C16H25ClN2O2/c1-5-18-13-6-7-19(10-11(13)2)14-8-12(17)15(20-3)9-16(14)21-4/h8-9,11,13,18H,5-7,10H2,1-4H3. The second-order valence-electron chi connectivity index (χ2n) is 5.53. The first kappa shape index (κ1) is 16.2. The number of hydrogen-bond acceptors (Lipinski definition) is 4. The van der Waals surface area contributed by atoms with Gasteiger partial charge in [-0.1, -0.05) is 25.4 Å². The van der Waals surface area contributed by atoms with Crippen molar-refractivity contribution in [1.82, 2.24) is 5.32 Å². The van der Waals surface area contributed by atoms with Crippen LogP contribution in [0.2, 0.25) is 5.02 Å². The maximum atomic E-state index is 6.27. The van der Waals surface area contributed by atoms with Crippen molar-refractivity contribution in [2.75, 3.05) is 38.8 Å². The van der Waals surface area contributed by atoms with Crippen molar-refractivity contribution in [3.63, 3.8) is 0 Å². The Hall–Kier alpha value is -1.13. The molecule has 1 aromatic rings. The summed E-state index contributed by atoms with van der Waals surface area (Å²) < 4.78 is 10.8. The molecule has 118 valence electrons. The second kappa shape index (κ2) is 7.23. The highest BCUT2D eigenvalue weighted by molar-refractivity contribution is 6.32. The van der Waals surface area contributed by atoms with Gasteiger partial charge in [0, 0.05) is 25.2 Å². The third kappa shape index (κ3) is 3.55. The van der Waals surface area contributed by atoms with Crippen LogP contribution in [0, 0.1) is 5.92 Å². The van der Waals surface area contributed by atoms with Crippen LogP contribution < -0.4 is 19.7 Å². The third-order valence-corrected chi connectivity index (χ3v) is 4.46. The Bertz CT molecular complexity index is 482. The molecule has 5 heteroatoms. The van der Waals surface area contributed by atoms with Crippen molar-refractivity contribution in [3.8, 4) is 11.5 Å². The number of benzene rings is 1. The fourth-order valence-corrected chi connectivity index (χ4v) is 3.26. The van der Waals surface area contributed by atoms with Crippen LogP contribution in [0.4, 0.5) is 5.69 Å². The van der Waals surface area contributed by atoms with E-state index in [2.05, 4.69) is 24.1 Å². The number of halogens is 1. The Kier molecular flexibility index (Phi) is 5.59. The van der Waals surface area contributed by atoms with Gasteiger partial charge in [0.15, 0.2) is 0 Å². The number of anilines is 1. The molecular formula is C16H25ClN2O2. The fourth-order valence-electron chi connectivity index (χ4n) is 3.02. The van der Waals surface area contributed by atoms with E-state index in [1.165, 1.54) is 0 Å². The molecule has 1 saturated heterocycles. The van der Waals surface area contributed by atoms with Crippen LogP contribution in [0.5, 0.6) is 11.5 Å². The average Bonchev–Trinajstić information content (AvgIpc) is 2.49. The molecule has 0 saturated carbocycles. The lowest BCUT2D eigenvalue weighted by atomic mass is 9.93. The summed E-state index contributed by atoms with van der Waals surface area (Å²) in [6.45, 7) is 7.47. The summed E-state index contributed by atoms with van der Waals surface area (Å²) in [5.74, 6) is 2.04. The molecule has 2 unspecified atom stereocenters. The van der Waals surface area contributed by atoms with E-state index < -0.39 is 0 Å². The van der Waals surface area contributed by atoms with Crippen molar-refractivity contribution < 1.29 is 9.47 Å². The van der Waals surface area contributed by atoms with E-state index in [9.17, 15) is 0 Å². The topological polar surface area (TPSA) is 33.7 Å². The minimum Gasteiger partial charge on any atom is -0.495 e. The molecule has 21 heavy (non-hydrogen) atoms. The lowest BCUT2D eigenvalue weighted by Gasteiger charge is -2.39. The lowest BCUT2D eigenvalue weighted by molar-refractivity contribution is 0.324. The molecule has 1 aliphatic heterocycles. The van der Waals surface area contributed by atoms with Gasteiger partial charge in [-0.2, -0.15) is 0 Å². The number of methoxy groups -OCH3 is 2. The molecule has 1 N–H and O–H groups in total. The summed E-state index contributed by atoms with van der Waals surface area (Å²) in [5, 5.41) is 4.18. The Morgan fingerprint density at radius 2 is 2.00 bits per heavy atom. The Morgan fingerprint density at radius 1 is 1.29 bits per heavy atom. The molecule has 1 fully saturated rings. The van der Waals surface area contributed by atoms with Gasteiger partial charge in [0.2, 0.25) is 0 Å².